The van der Waals surface area contributed by atoms with Gasteiger partial charge in [-0.15, -0.1) is 0 Å². The number of hydrogen-bond donors (Lipinski definition) is 0. The smallest absolute Gasteiger partial charge is 0.176 e. The molecule has 21 heavy (non-hydrogen) atoms. The van der Waals surface area contributed by atoms with Crippen molar-refractivity contribution in [3.8, 4) is 5.75 Å². The van der Waals surface area contributed by atoms with E-state index in [0.29, 0.717) is 12.1 Å². The highest BCUT2D eigenvalue weighted by Gasteiger charge is 2.11. The van der Waals surface area contributed by atoms with Crippen LogP contribution in [0.3, 0.4) is 0 Å². The Labute approximate surface area is 133 Å². The van der Waals surface area contributed by atoms with E-state index in [1.165, 1.54) is 5.56 Å². The summed E-state index contributed by atoms with van der Waals surface area (Å²) in [4.78, 5) is 14.2. The van der Waals surface area contributed by atoms with Crippen LogP contribution in [0.1, 0.15) is 15.9 Å². The number of benzene rings is 2. The summed E-state index contributed by atoms with van der Waals surface area (Å²) in [5, 5.41) is 0. The molecule has 0 aliphatic heterocycles. The molecule has 0 fully saturated rings. The zero-order valence-electron chi connectivity index (χ0n) is 12.2. The summed E-state index contributed by atoms with van der Waals surface area (Å²) >= 11 is 3.53. The van der Waals surface area contributed by atoms with Gasteiger partial charge in [0, 0.05) is 16.6 Å². The number of ketones is 1. The standard InChI is InChI=1S/C17H18BrNO2/c1-19(11-14-5-3-4-6-16(14)18)12-17(20)13-7-9-15(21-2)10-8-13/h3-10H,11-12H2,1-2H3. The van der Waals surface area contributed by atoms with Gasteiger partial charge in [0.25, 0.3) is 0 Å². The summed E-state index contributed by atoms with van der Waals surface area (Å²) in [7, 11) is 3.56. The SMILES string of the molecule is COc1ccc(C(=O)CN(C)Cc2ccccc2Br)cc1. The maximum absolute atomic E-state index is 12.2. The fraction of sp³-hybridized carbons (Fsp3) is 0.235. The van der Waals surface area contributed by atoms with Crippen LogP contribution in [0.5, 0.6) is 5.75 Å². The van der Waals surface area contributed by atoms with Gasteiger partial charge in [-0.1, -0.05) is 34.1 Å². The van der Waals surface area contributed by atoms with Crippen molar-refractivity contribution in [3.63, 3.8) is 0 Å². The Hall–Kier alpha value is -1.65. The fourth-order valence-electron chi connectivity index (χ4n) is 2.09. The molecule has 0 aliphatic carbocycles. The van der Waals surface area contributed by atoms with Crippen LogP contribution < -0.4 is 4.74 Å². The lowest BCUT2D eigenvalue weighted by Gasteiger charge is -2.16. The van der Waals surface area contributed by atoms with Crippen molar-refractivity contribution in [2.24, 2.45) is 0 Å². The van der Waals surface area contributed by atoms with Crippen molar-refractivity contribution in [2.45, 2.75) is 6.54 Å². The van der Waals surface area contributed by atoms with Crippen molar-refractivity contribution in [1.29, 1.82) is 0 Å². The first-order chi connectivity index (χ1) is 10.1. The Kier molecular flexibility index (Phi) is 5.53. The normalized spacial score (nSPS) is 10.7. The summed E-state index contributed by atoms with van der Waals surface area (Å²) in [5.41, 5.74) is 1.87. The van der Waals surface area contributed by atoms with E-state index in [1.54, 1.807) is 31.4 Å². The summed E-state index contributed by atoms with van der Waals surface area (Å²) in [6, 6.07) is 15.3. The van der Waals surface area contributed by atoms with E-state index < -0.39 is 0 Å². The Balaban J connectivity index is 1.97. The van der Waals surface area contributed by atoms with E-state index in [9.17, 15) is 4.79 Å². The van der Waals surface area contributed by atoms with Crippen LogP contribution in [-0.4, -0.2) is 31.4 Å². The molecule has 0 radical (unpaired) electrons. The molecule has 2 rings (SSSR count). The lowest BCUT2D eigenvalue weighted by Crippen LogP contribution is -2.25. The minimum Gasteiger partial charge on any atom is -0.497 e. The molecule has 2 aromatic rings. The third-order valence-corrected chi connectivity index (χ3v) is 4.00. The molecule has 2 aromatic carbocycles. The molecule has 0 saturated heterocycles. The molecule has 0 bridgehead atoms. The quantitative estimate of drug-likeness (QED) is 0.745. The third-order valence-electron chi connectivity index (χ3n) is 3.22. The van der Waals surface area contributed by atoms with Crippen molar-refractivity contribution in [3.05, 3.63) is 64.1 Å². The first kappa shape index (κ1) is 15.7. The monoisotopic (exact) mass is 347 g/mol. The molecular weight excluding hydrogens is 330 g/mol. The van der Waals surface area contributed by atoms with Gasteiger partial charge >= 0.3 is 0 Å². The maximum atomic E-state index is 12.2. The van der Waals surface area contributed by atoms with Crippen molar-refractivity contribution in [2.75, 3.05) is 20.7 Å². The Morgan fingerprint density at radius 2 is 1.81 bits per heavy atom. The Morgan fingerprint density at radius 3 is 2.43 bits per heavy atom. The highest BCUT2D eigenvalue weighted by Crippen LogP contribution is 2.17. The van der Waals surface area contributed by atoms with Crippen LogP contribution in [0.25, 0.3) is 0 Å². The number of likely N-dealkylation sites (N-methyl/N-ethyl adjacent to an activating group) is 1. The van der Waals surface area contributed by atoms with Crippen LogP contribution in [0, 0.1) is 0 Å². The van der Waals surface area contributed by atoms with Gasteiger partial charge in [-0.25, -0.2) is 0 Å². The van der Waals surface area contributed by atoms with Crippen LogP contribution in [-0.2, 0) is 6.54 Å². The number of ether oxygens (including phenoxy) is 1. The van der Waals surface area contributed by atoms with Crippen LogP contribution in [0.15, 0.2) is 53.0 Å². The van der Waals surface area contributed by atoms with Gasteiger partial charge in [0.2, 0.25) is 0 Å². The number of hydrogen-bond acceptors (Lipinski definition) is 3. The molecule has 0 N–H and O–H groups in total. The van der Waals surface area contributed by atoms with E-state index in [2.05, 4.69) is 22.0 Å². The second-order valence-electron chi connectivity index (χ2n) is 4.92. The predicted molar refractivity (Wildman–Crippen MR) is 87.8 cm³/mol. The third kappa shape index (κ3) is 4.41. The zero-order valence-corrected chi connectivity index (χ0v) is 13.8. The number of carbonyl (C=O) groups is 1. The minimum absolute atomic E-state index is 0.104. The molecule has 3 nitrogen and oxygen atoms in total. The number of nitrogens with zero attached hydrogens (tertiary/aromatic N) is 1. The number of carbonyl (C=O) groups excluding carboxylic acids is 1. The predicted octanol–water partition coefficient (Wildman–Crippen LogP) is 3.77. The molecule has 0 amide bonds. The topological polar surface area (TPSA) is 29.5 Å². The number of rotatable bonds is 6. The number of methoxy groups -OCH3 is 1. The minimum atomic E-state index is 0.104. The number of halogens is 1. The molecule has 0 saturated carbocycles. The molecule has 0 spiro atoms. The van der Waals surface area contributed by atoms with Gasteiger partial charge in [-0.05, 0) is 42.9 Å². The van der Waals surface area contributed by atoms with Crippen LogP contribution in [0.4, 0.5) is 0 Å². The van der Waals surface area contributed by atoms with Gasteiger partial charge in [0.05, 0.1) is 13.7 Å². The Morgan fingerprint density at radius 1 is 1.14 bits per heavy atom. The zero-order chi connectivity index (χ0) is 15.2. The second-order valence-corrected chi connectivity index (χ2v) is 5.77. The first-order valence-corrected chi connectivity index (χ1v) is 7.48. The van der Waals surface area contributed by atoms with Gasteiger partial charge in [-0.2, -0.15) is 0 Å². The number of Topliss-reactive ketones (excluding diaryl/α,β-unsaturated/α-hetero) is 1. The van der Waals surface area contributed by atoms with E-state index in [-0.39, 0.29) is 5.78 Å². The summed E-state index contributed by atoms with van der Waals surface area (Å²) in [5.74, 6) is 0.861. The van der Waals surface area contributed by atoms with E-state index in [0.717, 1.165) is 16.8 Å². The lowest BCUT2D eigenvalue weighted by molar-refractivity contribution is 0.0943. The largest absolute Gasteiger partial charge is 0.497 e. The summed E-state index contributed by atoms with van der Waals surface area (Å²) in [6.07, 6.45) is 0. The highest BCUT2D eigenvalue weighted by atomic mass is 79.9. The molecular formula is C17H18BrNO2. The fourth-order valence-corrected chi connectivity index (χ4v) is 2.50. The average Bonchev–Trinajstić information content (AvgIpc) is 2.49. The van der Waals surface area contributed by atoms with Crippen molar-refractivity contribution < 1.29 is 9.53 Å². The van der Waals surface area contributed by atoms with Crippen LogP contribution in [0.2, 0.25) is 0 Å². The van der Waals surface area contributed by atoms with E-state index in [1.807, 2.05) is 30.1 Å². The van der Waals surface area contributed by atoms with E-state index >= 15 is 0 Å². The first-order valence-electron chi connectivity index (χ1n) is 6.69. The van der Waals surface area contributed by atoms with Gasteiger partial charge in [0.1, 0.15) is 5.75 Å². The molecule has 0 aliphatic rings. The average molecular weight is 348 g/mol. The molecule has 0 unspecified atom stereocenters. The highest BCUT2D eigenvalue weighted by molar-refractivity contribution is 9.10. The summed E-state index contributed by atoms with van der Waals surface area (Å²) in [6.45, 7) is 1.11. The van der Waals surface area contributed by atoms with Gasteiger partial charge in [-0.3, -0.25) is 9.69 Å². The second kappa shape index (κ2) is 7.38. The van der Waals surface area contributed by atoms with Gasteiger partial charge < -0.3 is 4.74 Å². The van der Waals surface area contributed by atoms with Crippen LogP contribution >= 0.6 is 15.9 Å². The Bertz CT molecular complexity index is 610. The van der Waals surface area contributed by atoms with E-state index in [4.69, 9.17) is 4.74 Å². The van der Waals surface area contributed by atoms with Gasteiger partial charge in [0.15, 0.2) is 5.78 Å². The van der Waals surface area contributed by atoms with Crippen molar-refractivity contribution >= 4 is 21.7 Å². The maximum Gasteiger partial charge on any atom is 0.176 e. The molecule has 4 heteroatoms. The summed E-state index contributed by atoms with van der Waals surface area (Å²) < 4.78 is 6.16. The molecule has 0 heterocycles. The molecule has 0 aromatic heterocycles. The molecule has 110 valence electrons. The lowest BCUT2D eigenvalue weighted by atomic mass is 10.1. The van der Waals surface area contributed by atoms with Crippen molar-refractivity contribution in [1.82, 2.24) is 4.90 Å². The molecule has 0 atom stereocenters.